The van der Waals surface area contributed by atoms with Gasteiger partial charge in [0.1, 0.15) is 11.5 Å². The summed E-state index contributed by atoms with van der Waals surface area (Å²) in [6.07, 6.45) is 0. The van der Waals surface area contributed by atoms with Gasteiger partial charge in [-0.1, -0.05) is 0 Å². The fourth-order valence-corrected chi connectivity index (χ4v) is 3.81. The van der Waals surface area contributed by atoms with Crippen LogP contribution in [0.3, 0.4) is 0 Å². The fourth-order valence-electron chi connectivity index (χ4n) is 3.81. The van der Waals surface area contributed by atoms with Gasteiger partial charge in [-0.05, 0) is 35.4 Å². The quantitative estimate of drug-likeness (QED) is 0.486. The Morgan fingerprint density at radius 2 is 1.03 bits per heavy atom. The topological polar surface area (TPSA) is 127 Å². The van der Waals surface area contributed by atoms with E-state index >= 15 is 0 Å². The number of carboxylic acids is 2. The molecular weight excluding hydrogens is 472 g/mol. The van der Waals surface area contributed by atoms with Gasteiger partial charge >= 0.3 is 11.9 Å². The SMILES string of the molecule is COc1cc(CN2CCN(Cc3cc(OC)c(OC)c(OC)c3)CC2)cc(OC)c1.O=C(O)C(=O)O. The van der Waals surface area contributed by atoms with Crippen LogP contribution in [0, 0.1) is 0 Å². The molecule has 0 saturated carbocycles. The molecule has 0 spiro atoms. The molecule has 1 aliphatic rings. The summed E-state index contributed by atoms with van der Waals surface area (Å²) >= 11 is 0. The van der Waals surface area contributed by atoms with Crippen molar-refractivity contribution in [3.63, 3.8) is 0 Å². The van der Waals surface area contributed by atoms with Gasteiger partial charge in [-0.15, -0.1) is 0 Å². The van der Waals surface area contributed by atoms with E-state index in [2.05, 4.69) is 21.9 Å². The predicted molar refractivity (Wildman–Crippen MR) is 131 cm³/mol. The standard InChI is InChI=1S/C23H32N2O5.C2H2O4/c1-26-19-10-17(11-20(14-19)27-2)15-24-6-8-25(9-7-24)16-18-12-21(28-3)23(30-5)22(13-18)29-4;3-1(4)2(5)6/h10-14H,6-9,15-16H2,1-5H3;(H,3,4)(H,5,6). The van der Waals surface area contributed by atoms with Gasteiger partial charge in [0.15, 0.2) is 11.5 Å². The van der Waals surface area contributed by atoms with Crippen molar-refractivity contribution >= 4 is 11.9 Å². The van der Waals surface area contributed by atoms with Crippen LogP contribution in [0.15, 0.2) is 30.3 Å². The van der Waals surface area contributed by atoms with E-state index in [1.807, 2.05) is 18.2 Å². The molecule has 2 aromatic carbocycles. The lowest BCUT2D eigenvalue weighted by atomic mass is 10.1. The first-order valence-corrected chi connectivity index (χ1v) is 11.2. The Labute approximate surface area is 210 Å². The van der Waals surface area contributed by atoms with Crippen LogP contribution in [-0.4, -0.2) is 93.7 Å². The molecule has 0 radical (unpaired) electrons. The number of methoxy groups -OCH3 is 5. The lowest BCUT2D eigenvalue weighted by Crippen LogP contribution is -2.45. The molecule has 1 fully saturated rings. The normalized spacial score (nSPS) is 13.7. The van der Waals surface area contributed by atoms with E-state index in [4.69, 9.17) is 43.5 Å². The van der Waals surface area contributed by atoms with Crippen LogP contribution in [-0.2, 0) is 22.7 Å². The average molecular weight is 507 g/mol. The van der Waals surface area contributed by atoms with Crippen LogP contribution in [0.4, 0.5) is 0 Å². The van der Waals surface area contributed by atoms with Crippen LogP contribution in [0.25, 0.3) is 0 Å². The molecule has 11 heteroatoms. The predicted octanol–water partition coefficient (Wildman–Crippen LogP) is 2.20. The van der Waals surface area contributed by atoms with Crippen molar-refractivity contribution in [1.29, 1.82) is 0 Å². The van der Waals surface area contributed by atoms with Crippen LogP contribution in [0.2, 0.25) is 0 Å². The molecule has 0 unspecified atom stereocenters. The minimum atomic E-state index is -1.82. The van der Waals surface area contributed by atoms with Crippen molar-refractivity contribution in [1.82, 2.24) is 9.80 Å². The molecule has 36 heavy (non-hydrogen) atoms. The van der Waals surface area contributed by atoms with Crippen LogP contribution >= 0.6 is 0 Å². The summed E-state index contributed by atoms with van der Waals surface area (Å²) < 4.78 is 27.1. The van der Waals surface area contributed by atoms with E-state index in [-0.39, 0.29) is 0 Å². The Kier molecular flexibility index (Phi) is 11.1. The first-order chi connectivity index (χ1) is 17.2. The van der Waals surface area contributed by atoms with Gasteiger partial charge in [-0.2, -0.15) is 0 Å². The summed E-state index contributed by atoms with van der Waals surface area (Å²) in [6.45, 7) is 5.73. The molecule has 3 rings (SSSR count). The van der Waals surface area contributed by atoms with E-state index in [1.165, 1.54) is 5.56 Å². The second-order valence-corrected chi connectivity index (χ2v) is 7.92. The highest BCUT2D eigenvalue weighted by Gasteiger charge is 2.20. The third kappa shape index (κ3) is 8.21. The number of rotatable bonds is 9. The third-order valence-corrected chi connectivity index (χ3v) is 5.60. The Balaban J connectivity index is 0.000000678. The highest BCUT2D eigenvalue weighted by atomic mass is 16.5. The molecule has 0 bridgehead atoms. The molecule has 2 aromatic rings. The fraction of sp³-hybridized carbons (Fsp3) is 0.440. The molecular formula is C25H34N2O9. The number of hydrogen-bond donors (Lipinski definition) is 2. The zero-order valence-corrected chi connectivity index (χ0v) is 21.3. The number of carbonyl (C=O) groups is 2. The lowest BCUT2D eigenvalue weighted by molar-refractivity contribution is -0.159. The van der Waals surface area contributed by atoms with Crippen molar-refractivity contribution in [2.45, 2.75) is 13.1 Å². The van der Waals surface area contributed by atoms with Gasteiger partial charge in [0.2, 0.25) is 5.75 Å². The Hall–Kier alpha value is -3.70. The first-order valence-electron chi connectivity index (χ1n) is 11.2. The maximum atomic E-state index is 9.10. The van der Waals surface area contributed by atoms with Gasteiger partial charge < -0.3 is 33.9 Å². The average Bonchev–Trinajstić information content (AvgIpc) is 2.89. The summed E-state index contributed by atoms with van der Waals surface area (Å²) in [5.74, 6) is 0.0120. The third-order valence-electron chi connectivity index (χ3n) is 5.60. The smallest absolute Gasteiger partial charge is 0.414 e. The molecule has 2 N–H and O–H groups in total. The van der Waals surface area contributed by atoms with E-state index in [0.29, 0.717) is 17.2 Å². The monoisotopic (exact) mass is 506 g/mol. The minimum Gasteiger partial charge on any atom is -0.497 e. The Bertz CT molecular complexity index is 961. The zero-order chi connectivity index (χ0) is 26.7. The number of benzene rings is 2. The Morgan fingerprint density at radius 3 is 1.33 bits per heavy atom. The summed E-state index contributed by atoms with van der Waals surface area (Å²) in [7, 11) is 8.28. The molecule has 11 nitrogen and oxygen atoms in total. The summed E-state index contributed by atoms with van der Waals surface area (Å²) in [5, 5.41) is 14.8. The number of aliphatic carboxylic acids is 2. The second-order valence-electron chi connectivity index (χ2n) is 7.92. The number of nitrogens with zero attached hydrogens (tertiary/aromatic N) is 2. The minimum absolute atomic E-state index is 0.627. The van der Waals surface area contributed by atoms with E-state index in [1.54, 1.807) is 35.5 Å². The number of piperazine rings is 1. The maximum Gasteiger partial charge on any atom is 0.414 e. The van der Waals surface area contributed by atoms with E-state index < -0.39 is 11.9 Å². The zero-order valence-electron chi connectivity index (χ0n) is 21.3. The highest BCUT2D eigenvalue weighted by Crippen LogP contribution is 2.38. The Morgan fingerprint density at radius 1 is 0.639 bits per heavy atom. The van der Waals surface area contributed by atoms with Crippen molar-refractivity contribution in [2.24, 2.45) is 0 Å². The molecule has 0 amide bonds. The van der Waals surface area contributed by atoms with Gasteiger partial charge in [-0.3, -0.25) is 9.80 Å². The first kappa shape index (κ1) is 28.5. The number of hydrogen-bond acceptors (Lipinski definition) is 9. The van der Waals surface area contributed by atoms with Gasteiger partial charge in [0.25, 0.3) is 0 Å². The van der Waals surface area contributed by atoms with Crippen molar-refractivity contribution in [3.8, 4) is 28.7 Å². The van der Waals surface area contributed by atoms with Crippen molar-refractivity contribution < 1.29 is 43.5 Å². The van der Waals surface area contributed by atoms with Crippen LogP contribution < -0.4 is 23.7 Å². The van der Waals surface area contributed by atoms with Crippen LogP contribution in [0.1, 0.15) is 11.1 Å². The van der Waals surface area contributed by atoms with Gasteiger partial charge in [0, 0.05) is 45.3 Å². The summed E-state index contributed by atoms with van der Waals surface area (Å²) in [6, 6.07) is 10.1. The second kappa shape index (κ2) is 14.0. The molecule has 0 aromatic heterocycles. The lowest BCUT2D eigenvalue weighted by Gasteiger charge is -2.35. The molecule has 1 aliphatic heterocycles. The molecule has 0 atom stereocenters. The summed E-state index contributed by atoms with van der Waals surface area (Å²) in [4.78, 5) is 23.1. The molecule has 1 heterocycles. The molecule has 198 valence electrons. The molecule has 1 saturated heterocycles. The molecule has 0 aliphatic carbocycles. The largest absolute Gasteiger partial charge is 0.497 e. The summed E-state index contributed by atoms with van der Waals surface area (Å²) in [5.41, 5.74) is 2.35. The maximum absolute atomic E-state index is 9.10. The van der Waals surface area contributed by atoms with E-state index in [0.717, 1.165) is 56.3 Å². The number of ether oxygens (including phenoxy) is 5. The van der Waals surface area contributed by atoms with E-state index in [9.17, 15) is 0 Å². The van der Waals surface area contributed by atoms with Crippen molar-refractivity contribution in [2.75, 3.05) is 61.7 Å². The number of carboxylic acid groups (broad SMARTS) is 2. The van der Waals surface area contributed by atoms with Crippen molar-refractivity contribution in [3.05, 3.63) is 41.5 Å². The van der Waals surface area contributed by atoms with Gasteiger partial charge in [0.05, 0.1) is 35.5 Å². The van der Waals surface area contributed by atoms with Gasteiger partial charge in [-0.25, -0.2) is 9.59 Å². The van der Waals surface area contributed by atoms with Crippen LogP contribution in [0.5, 0.6) is 28.7 Å². The highest BCUT2D eigenvalue weighted by molar-refractivity contribution is 6.27.